The fourth-order valence-corrected chi connectivity index (χ4v) is 3.99. The molecule has 4 aromatic rings. The number of imidazole rings is 1. The molecule has 9 heteroatoms. The average molecular weight is 464 g/mol. The van der Waals surface area contributed by atoms with Crippen LogP contribution in [0.3, 0.4) is 0 Å². The van der Waals surface area contributed by atoms with E-state index in [1.807, 2.05) is 30.7 Å². The highest BCUT2D eigenvalue weighted by atomic mass is 32.2. The molecule has 0 aliphatic carbocycles. The van der Waals surface area contributed by atoms with E-state index >= 15 is 0 Å². The smallest absolute Gasteiger partial charge is 0.340 e. The number of carbonyl (C=O) groups is 2. The van der Waals surface area contributed by atoms with Crippen molar-refractivity contribution in [1.29, 1.82) is 0 Å². The van der Waals surface area contributed by atoms with Crippen LogP contribution in [0.1, 0.15) is 21.5 Å². The van der Waals surface area contributed by atoms with Gasteiger partial charge in [0.25, 0.3) is 0 Å². The first-order chi connectivity index (χ1) is 15.9. The Labute approximate surface area is 193 Å². The van der Waals surface area contributed by atoms with Crippen molar-refractivity contribution in [1.82, 2.24) is 9.55 Å². The first-order valence-corrected chi connectivity index (χ1v) is 11.1. The summed E-state index contributed by atoms with van der Waals surface area (Å²) in [6.07, 6.45) is 3.46. The van der Waals surface area contributed by atoms with Crippen LogP contribution >= 0.6 is 11.8 Å². The summed E-state index contributed by atoms with van der Waals surface area (Å²) >= 11 is 1.29. The number of ether oxygens (including phenoxy) is 1. The Morgan fingerprint density at radius 1 is 1.18 bits per heavy atom. The fourth-order valence-electron chi connectivity index (χ4n) is 3.26. The van der Waals surface area contributed by atoms with Crippen molar-refractivity contribution >= 4 is 40.3 Å². The van der Waals surface area contributed by atoms with Crippen LogP contribution in [0.15, 0.2) is 75.3 Å². The van der Waals surface area contributed by atoms with Gasteiger partial charge in [0.15, 0.2) is 5.16 Å². The van der Waals surface area contributed by atoms with Crippen molar-refractivity contribution < 1.29 is 18.7 Å². The maximum absolute atomic E-state index is 12.8. The molecule has 0 saturated carbocycles. The molecular weight excluding hydrogens is 442 g/mol. The molecule has 0 unspecified atom stereocenters. The topological polar surface area (TPSA) is 103 Å². The van der Waals surface area contributed by atoms with Gasteiger partial charge in [-0.15, -0.1) is 0 Å². The van der Waals surface area contributed by atoms with E-state index in [1.54, 1.807) is 42.7 Å². The van der Waals surface area contributed by atoms with Crippen molar-refractivity contribution in [3.05, 3.63) is 88.0 Å². The number of hydrogen-bond donors (Lipinski definition) is 1. The van der Waals surface area contributed by atoms with Gasteiger partial charge in [0.2, 0.25) is 5.91 Å². The van der Waals surface area contributed by atoms with Crippen molar-refractivity contribution in [2.45, 2.75) is 18.7 Å². The van der Waals surface area contributed by atoms with Gasteiger partial charge in [-0.05, 0) is 30.7 Å². The molecule has 0 bridgehead atoms. The minimum Gasteiger partial charge on any atom is -0.457 e. The fraction of sp³-hybridized carbons (Fsp3) is 0.167. The lowest BCUT2D eigenvalue weighted by Gasteiger charge is -2.12. The molecule has 4 rings (SSSR count). The van der Waals surface area contributed by atoms with Gasteiger partial charge in [0.05, 0.1) is 17.0 Å². The number of aryl methyl sites for hydroxylation is 2. The normalized spacial score (nSPS) is 10.8. The predicted octanol–water partition coefficient (Wildman–Crippen LogP) is 3.92. The second-order valence-electron chi connectivity index (χ2n) is 7.37. The summed E-state index contributed by atoms with van der Waals surface area (Å²) < 4.78 is 12.5. The van der Waals surface area contributed by atoms with E-state index in [2.05, 4.69) is 10.3 Å². The Morgan fingerprint density at radius 3 is 2.79 bits per heavy atom. The van der Waals surface area contributed by atoms with Crippen LogP contribution in [-0.4, -0.2) is 27.2 Å². The number of anilines is 1. The first-order valence-electron chi connectivity index (χ1n) is 10.1. The summed E-state index contributed by atoms with van der Waals surface area (Å²) in [5, 5.41) is 4.16. The van der Waals surface area contributed by atoms with Gasteiger partial charge >= 0.3 is 11.6 Å². The monoisotopic (exact) mass is 463 g/mol. The SMILES string of the molecule is Cc1ccc2c(COC(=O)c3ccccc3NC(=O)CSc3nccn3C)cc(=O)oc2c1. The zero-order valence-corrected chi connectivity index (χ0v) is 18.8. The number of hydrogen-bond acceptors (Lipinski definition) is 7. The summed E-state index contributed by atoms with van der Waals surface area (Å²) in [6.45, 7) is 1.79. The second-order valence-corrected chi connectivity index (χ2v) is 8.31. The van der Waals surface area contributed by atoms with Gasteiger partial charge in [-0.25, -0.2) is 14.6 Å². The van der Waals surface area contributed by atoms with E-state index in [0.717, 1.165) is 5.56 Å². The van der Waals surface area contributed by atoms with E-state index < -0.39 is 11.6 Å². The Bertz CT molecular complexity index is 1390. The molecule has 1 N–H and O–H groups in total. The average Bonchev–Trinajstić information content (AvgIpc) is 3.20. The highest BCUT2D eigenvalue weighted by Gasteiger charge is 2.16. The molecule has 0 saturated heterocycles. The van der Waals surface area contributed by atoms with E-state index in [-0.39, 0.29) is 23.8 Å². The quantitative estimate of drug-likeness (QED) is 0.252. The lowest BCUT2D eigenvalue weighted by Crippen LogP contribution is -2.17. The lowest BCUT2D eigenvalue weighted by atomic mass is 10.1. The molecule has 0 atom stereocenters. The largest absolute Gasteiger partial charge is 0.457 e. The number of thioether (sulfide) groups is 1. The van der Waals surface area contributed by atoms with Crippen LogP contribution < -0.4 is 10.9 Å². The molecule has 2 aromatic heterocycles. The second kappa shape index (κ2) is 9.74. The minimum absolute atomic E-state index is 0.110. The molecular formula is C24H21N3O5S. The van der Waals surface area contributed by atoms with E-state index in [0.29, 0.717) is 27.4 Å². The molecule has 33 heavy (non-hydrogen) atoms. The van der Waals surface area contributed by atoms with Crippen molar-refractivity contribution in [2.75, 3.05) is 11.1 Å². The third-order valence-electron chi connectivity index (χ3n) is 4.87. The number of fused-ring (bicyclic) bond motifs is 1. The Kier molecular flexibility index (Phi) is 6.60. The van der Waals surface area contributed by atoms with E-state index in [1.165, 1.54) is 17.8 Å². The van der Waals surface area contributed by atoms with Crippen LogP contribution in [-0.2, 0) is 23.2 Å². The number of esters is 1. The van der Waals surface area contributed by atoms with Crippen LogP contribution in [0.25, 0.3) is 11.0 Å². The zero-order valence-electron chi connectivity index (χ0n) is 18.0. The number of amides is 1. The standard InChI is InChI=1S/C24H21N3O5S/c1-15-7-8-17-16(12-22(29)32-20(17)11-15)13-31-23(30)18-5-3-4-6-19(18)26-21(28)14-33-24-25-9-10-27(24)2/h3-12H,13-14H2,1-2H3,(H,26,28). The number of benzene rings is 2. The Hall–Kier alpha value is -3.85. The van der Waals surface area contributed by atoms with Gasteiger partial charge < -0.3 is 19.0 Å². The molecule has 8 nitrogen and oxygen atoms in total. The maximum atomic E-state index is 12.8. The molecule has 2 aromatic carbocycles. The summed E-state index contributed by atoms with van der Waals surface area (Å²) in [4.78, 5) is 41.3. The van der Waals surface area contributed by atoms with Gasteiger partial charge in [-0.1, -0.05) is 36.0 Å². The highest BCUT2D eigenvalue weighted by molar-refractivity contribution is 7.99. The molecule has 0 radical (unpaired) electrons. The van der Waals surface area contributed by atoms with Gasteiger partial charge in [-0.3, -0.25) is 4.79 Å². The third kappa shape index (κ3) is 5.32. The molecule has 1 amide bonds. The highest BCUT2D eigenvalue weighted by Crippen LogP contribution is 2.22. The summed E-state index contributed by atoms with van der Waals surface area (Å²) in [5.41, 5.74) is 1.98. The predicted molar refractivity (Wildman–Crippen MR) is 125 cm³/mol. The molecule has 2 heterocycles. The summed E-state index contributed by atoms with van der Waals surface area (Å²) in [6, 6.07) is 13.4. The minimum atomic E-state index is -0.615. The number of rotatable bonds is 7. The Morgan fingerprint density at radius 2 is 2.00 bits per heavy atom. The van der Waals surface area contributed by atoms with Crippen LogP contribution in [0.2, 0.25) is 0 Å². The summed E-state index contributed by atoms with van der Waals surface area (Å²) in [5.74, 6) is -0.749. The summed E-state index contributed by atoms with van der Waals surface area (Å²) in [7, 11) is 1.85. The number of para-hydroxylation sites is 1. The molecule has 0 aliphatic rings. The van der Waals surface area contributed by atoms with Crippen molar-refractivity contribution in [2.24, 2.45) is 7.05 Å². The molecule has 0 spiro atoms. The van der Waals surface area contributed by atoms with Crippen molar-refractivity contribution in [3.63, 3.8) is 0 Å². The zero-order chi connectivity index (χ0) is 23.4. The van der Waals surface area contributed by atoms with Crippen molar-refractivity contribution in [3.8, 4) is 0 Å². The third-order valence-corrected chi connectivity index (χ3v) is 5.93. The molecule has 0 fully saturated rings. The molecule has 168 valence electrons. The van der Waals surface area contributed by atoms with Crippen LogP contribution in [0, 0.1) is 6.92 Å². The van der Waals surface area contributed by atoms with Gasteiger partial charge in [0.1, 0.15) is 12.2 Å². The first kappa shape index (κ1) is 22.3. The number of carbonyl (C=O) groups excluding carboxylic acids is 2. The number of nitrogens with one attached hydrogen (secondary N) is 1. The van der Waals surface area contributed by atoms with E-state index in [4.69, 9.17) is 9.15 Å². The lowest BCUT2D eigenvalue weighted by molar-refractivity contribution is -0.113. The Balaban J connectivity index is 1.45. The molecule has 0 aliphatic heterocycles. The number of nitrogens with zero attached hydrogens (tertiary/aromatic N) is 2. The van der Waals surface area contributed by atoms with Crippen LogP contribution in [0.4, 0.5) is 5.69 Å². The van der Waals surface area contributed by atoms with Crippen LogP contribution in [0.5, 0.6) is 0 Å². The van der Waals surface area contributed by atoms with Gasteiger partial charge in [-0.2, -0.15) is 0 Å². The number of aromatic nitrogens is 2. The maximum Gasteiger partial charge on any atom is 0.340 e. The van der Waals surface area contributed by atoms with E-state index in [9.17, 15) is 14.4 Å². The van der Waals surface area contributed by atoms with Gasteiger partial charge in [0, 0.05) is 36.5 Å².